The molecule has 0 spiro atoms. The van der Waals surface area contributed by atoms with E-state index in [1.165, 1.54) is 0 Å². The van der Waals surface area contributed by atoms with Gasteiger partial charge in [-0.2, -0.15) is 0 Å². The molecule has 1 amide bonds. The second-order valence-corrected chi connectivity index (χ2v) is 4.14. The number of nitrogens with zero attached hydrogens (tertiary/aromatic N) is 2. The van der Waals surface area contributed by atoms with Crippen LogP contribution in [0.4, 0.5) is 11.5 Å². The molecule has 0 saturated carbocycles. The van der Waals surface area contributed by atoms with Crippen molar-refractivity contribution in [1.82, 2.24) is 10.3 Å². The Balaban J connectivity index is 2.73. The van der Waals surface area contributed by atoms with Crippen molar-refractivity contribution in [3.63, 3.8) is 0 Å². The first-order valence-electron chi connectivity index (χ1n) is 5.79. The summed E-state index contributed by atoms with van der Waals surface area (Å²) in [5, 5.41) is 2.85. The molecule has 0 unspecified atom stereocenters. The average molecular weight is 236 g/mol. The van der Waals surface area contributed by atoms with Crippen LogP contribution in [0.15, 0.2) is 18.3 Å². The first-order valence-corrected chi connectivity index (χ1v) is 5.79. The van der Waals surface area contributed by atoms with Gasteiger partial charge in [-0.1, -0.05) is 0 Å². The number of amides is 1. The highest BCUT2D eigenvalue weighted by molar-refractivity contribution is 5.82. The van der Waals surface area contributed by atoms with Crippen LogP contribution in [0.25, 0.3) is 0 Å². The number of aromatic nitrogens is 1. The molecule has 3 N–H and O–H groups in total. The first-order chi connectivity index (χ1) is 8.04. The van der Waals surface area contributed by atoms with Crippen LogP contribution in [0.2, 0.25) is 0 Å². The smallest absolute Gasteiger partial charge is 0.239 e. The lowest BCUT2D eigenvalue weighted by Gasteiger charge is -2.23. The highest BCUT2D eigenvalue weighted by Crippen LogP contribution is 2.19. The van der Waals surface area contributed by atoms with E-state index in [1.54, 1.807) is 6.20 Å². The van der Waals surface area contributed by atoms with Crippen LogP contribution in [0.5, 0.6) is 0 Å². The van der Waals surface area contributed by atoms with Gasteiger partial charge in [-0.15, -0.1) is 0 Å². The Hall–Kier alpha value is -1.78. The summed E-state index contributed by atoms with van der Waals surface area (Å²) in [7, 11) is 0. The monoisotopic (exact) mass is 236 g/mol. The topological polar surface area (TPSA) is 71.2 Å². The predicted octanol–water partition coefficient (Wildman–Crippen LogP) is 1.01. The molecule has 0 fully saturated rings. The highest BCUT2D eigenvalue weighted by Gasteiger charge is 2.13. The van der Waals surface area contributed by atoms with Crippen molar-refractivity contribution < 1.29 is 4.79 Å². The molecule has 0 aromatic carbocycles. The van der Waals surface area contributed by atoms with Crippen molar-refractivity contribution in [3.05, 3.63) is 18.3 Å². The molecule has 94 valence electrons. The van der Waals surface area contributed by atoms with E-state index in [0.29, 0.717) is 18.9 Å². The van der Waals surface area contributed by atoms with Crippen LogP contribution < -0.4 is 16.0 Å². The largest absolute Gasteiger partial charge is 0.382 e. The number of carbonyl (C=O) groups is 1. The fraction of sp³-hybridized carbons (Fsp3) is 0.500. The number of rotatable bonds is 5. The average Bonchev–Trinajstić information content (AvgIpc) is 2.26. The van der Waals surface area contributed by atoms with Crippen LogP contribution >= 0.6 is 0 Å². The fourth-order valence-corrected chi connectivity index (χ4v) is 1.58. The molecule has 1 heterocycles. The van der Waals surface area contributed by atoms with Gasteiger partial charge in [0.1, 0.15) is 5.82 Å². The minimum Gasteiger partial charge on any atom is -0.382 e. The summed E-state index contributed by atoms with van der Waals surface area (Å²) in [4.78, 5) is 17.6. The molecular formula is C12H20N4O. The number of nitrogens with two attached hydrogens (primary N) is 1. The highest BCUT2D eigenvalue weighted by atomic mass is 16.2. The SMILES string of the molecule is CCN(CC(=O)NC(C)C)c1cccnc1N. The Morgan fingerprint density at radius 3 is 2.82 bits per heavy atom. The van der Waals surface area contributed by atoms with Gasteiger partial charge >= 0.3 is 0 Å². The normalized spacial score (nSPS) is 10.4. The van der Waals surface area contributed by atoms with E-state index in [1.807, 2.05) is 37.8 Å². The molecule has 0 atom stereocenters. The molecule has 0 aliphatic rings. The standard InChI is InChI=1S/C12H20N4O/c1-4-16(8-11(17)15-9(2)3)10-6-5-7-14-12(10)13/h5-7,9H,4,8H2,1-3H3,(H2,13,14)(H,15,17). The number of likely N-dealkylation sites (N-methyl/N-ethyl adjacent to an activating group) is 1. The van der Waals surface area contributed by atoms with Gasteiger partial charge in [-0.05, 0) is 32.9 Å². The van der Waals surface area contributed by atoms with Gasteiger partial charge in [0, 0.05) is 18.8 Å². The zero-order valence-corrected chi connectivity index (χ0v) is 10.6. The number of nitrogens with one attached hydrogen (secondary N) is 1. The van der Waals surface area contributed by atoms with Crippen molar-refractivity contribution in [1.29, 1.82) is 0 Å². The van der Waals surface area contributed by atoms with Gasteiger partial charge in [0.25, 0.3) is 0 Å². The molecule has 0 aliphatic heterocycles. The molecule has 1 aromatic rings. The maximum Gasteiger partial charge on any atom is 0.239 e. The molecule has 0 saturated heterocycles. The maximum atomic E-state index is 11.7. The summed E-state index contributed by atoms with van der Waals surface area (Å²) >= 11 is 0. The van der Waals surface area contributed by atoms with Crippen molar-refractivity contribution in [3.8, 4) is 0 Å². The van der Waals surface area contributed by atoms with Gasteiger partial charge in [0.15, 0.2) is 0 Å². The second-order valence-electron chi connectivity index (χ2n) is 4.14. The molecule has 1 aromatic heterocycles. The Kier molecular flexibility index (Phi) is 4.75. The Morgan fingerprint density at radius 2 is 2.29 bits per heavy atom. The molecule has 1 rings (SSSR count). The van der Waals surface area contributed by atoms with Gasteiger partial charge in [-0.25, -0.2) is 4.98 Å². The number of nitrogen functional groups attached to an aromatic ring is 1. The summed E-state index contributed by atoms with van der Waals surface area (Å²) in [6.45, 7) is 6.86. The van der Waals surface area contributed by atoms with Crippen molar-refractivity contribution in [2.45, 2.75) is 26.8 Å². The number of hydrogen-bond donors (Lipinski definition) is 2. The summed E-state index contributed by atoms with van der Waals surface area (Å²) in [6.07, 6.45) is 1.64. The number of pyridine rings is 1. The van der Waals surface area contributed by atoms with Crippen molar-refractivity contribution in [2.75, 3.05) is 23.7 Å². The van der Waals surface area contributed by atoms with Gasteiger partial charge < -0.3 is 16.0 Å². The van der Waals surface area contributed by atoms with E-state index in [4.69, 9.17) is 5.73 Å². The Labute approximate surface area is 102 Å². The van der Waals surface area contributed by atoms with Crippen LogP contribution in [0.1, 0.15) is 20.8 Å². The van der Waals surface area contributed by atoms with Crippen LogP contribution in [0.3, 0.4) is 0 Å². The zero-order chi connectivity index (χ0) is 12.8. The van der Waals surface area contributed by atoms with Crippen LogP contribution in [-0.4, -0.2) is 30.0 Å². The Morgan fingerprint density at radius 1 is 1.59 bits per heavy atom. The maximum absolute atomic E-state index is 11.7. The number of hydrogen-bond acceptors (Lipinski definition) is 4. The van der Waals surface area contributed by atoms with Gasteiger partial charge in [-0.3, -0.25) is 4.79 Å². The lowest BCUT2D eigenvalue weighted by molar-refractivity contribution is -0.120. The van der Waals surface area contributed by atoms with Crippen LogP contribution in [0, 0.1) is 0 Å². The van der Waals surface area contributed by atoms with E-state index in [9.17, 15) is 4.79 Å². The molecular weight excluding hydrogens is 216 g/mol. The lowest BCUT2D eigenvalue weighted by Crippen LogP contribution is -2.40. The summed E-state index contributed by atoms with van der Waals surface area (Å²) in [6, 6.07) is 3.83. The Bertz CT molecular complexity index is 379. The minimum absolute atomic E-state index is 0.00916. The molecule has 17 heavy (non-hydrogen) atoms. The zero-order valence-electron chi connectivity index (χ0n) is 10.6. The summed E-state index contributed by atoms with van der Waals surface area (Å²) in [5.74, 6) is 0.441. The number of anilines is 2. The second kappa shape index (κ2) is 6.08. The number of carbonyl (C=O) groups excluding carboxylic acids is 1. The molecule has 0 bridgehead atoms. The van der Waals surface area contributed by atoms with E-state index < -0.39 is 0 Å². The predicted molar refractivity (Wildman–Crippen MR) is 69.8 cm³/mol. The fourth-order valence-electron chi connectivity index (χ4n) is 1.58. The molecule has 0 radical (unpaired) electrons. The van der Waals surface area contributed by atoms with E-state index >= 15 is 0 Å². The summed E-state index contributed by atoms with van der Waals surface area (Å²) < 4.78 is 0. The third kappa shape index (κ3) is 3.94. The van der Waals surface area contributed by atoms with Crippen molar-refractivity contribution >= 4 is 17.4 Å². The van der Waals surface area contributed by atoms with Crippen LogP contribution in [-0.2, 0) is 4.79 Å². The van der Waals surface area contributed by atoms with E-state index in [2.05, 4.69) is 10.3 Å². The lowest BCUT2D eigenvalue weighted by atomic mass is 10.3. The molecule has 5 heteroatoms. The van der Waals surface area contributed by atoms with E-state index in [0.717, 1.165) is 5.69 Å². The molecule has 5 nitrogen and oxygen atoms in total. The minimum atomic E-state index is -0.00916. The van der Waals surface area contributed by atoms with E-state index in [-0.39, 0.29) is 11.9 Å². The first kappa shape index (κ1) is 13.3. The quantitative estimate of drug-likeness (QED) is 0.800. The third-order valence-electron chi connectivity index (χ3n) is 2.32. The van der Waals surface area contributed by atoms with Gasteiger partial charge in [0.2, 0.25) is 5.91 Å². The third-order valence-corrected chi connectivity index (χ3v) is 2.32. The molecule has 0 aliphatic carbocycles. The van der Waals surface area contributed by atoms with Gasteiger partial charge in [0.05, 0.1) is 12.2 Å². The summed E-state index contributed by atoms with van der Waals surface area (Å²) in [5.41, 5.74) is 6.59. The van der Waals surface area contributed by atoms with Crippen molar-refractivity contribution in [2.24, 2.45) is 0 Å².